The molecule has 0 aliphatic heterocycles. The molecular formula is C26H54Mg. The predicted molar refractivity (Wildman–Crippen MR) is 129 cm³/mol. The molecule has 0 saturated carbocycles. The standard InChI is InChI=1S/2C13H27.Mg/c2*1-3-5-7-9-11-13-12-10-8-6-4-2;/h2*1,3-13H2,2H3;/q2*-1;+2. The maximum Gasteiger partial charge on any atom is 2.00 e. The molecule has 0 radical (unpaired) electrons. The summed E-state index contributed by atoms with van der Waals surface area (Å²) in [5.74, 6) is 0. The third kappa shape index (κ3) is 38.1. The van der Waals surface area contributed by atoms with Crippen LogP contribution in [0.4, 0.5) is 0 Å². The Balaban J connectivity index is -0.000000411. The van der Waals surface area contributed by atoms with E-state index in [-0.39, 0.29) is 23.1 Å². The second-order valence-corrected chi connectivity index (χ2v) is 8.07. The van der Waals surface area contributed by atoms with Crippen molar-refractivity contribution in [3.63, 3.8) is 0 Å². The fourth-order valence-electron chi connectivity index (χ4n) is 3.33. The molecule has 0 aliphatic rings. The Morgan fingerprint density at radius 2 is 0.519 bits per heavy atom. The zero-order valence-electron chi connectivity index (χ0n) is 19.7. The molecule has 0 bridgehead atoms. The van der Waals surface area contributed by atoms with Gasteiger partial charge in [-0.2, -0.15) is 12.8 Å². The van der Waals surface area contributed by atoms with Gasteiger partial charge in [-0.3, -0.25) is 0 Å². The maximum absolute atomic E-state index is 3.85. The Labute approximate surface area is 191 Å². The van der Waals surface area contributed by atoms with Crippen LogP contribution in [-0.2, 0) is 0 Å². The minimum atomic E-state index is 0. The molecule has 27 heavy (non-hydrogen) atoms. The van der Waals surface area contributed by atoms with Gasteiger partial charge in [0.15, 0.2) is 0 Å². The van der Waals surface area contributed by atoms with Crippen LogP contribution in [0.3, 0.4) is 0 Å². The van der Waals surface area contributed by atoms with E-state index in [9.17, 15) is 0 Å². The molecule has 0 aliphatic carbocycles. The van der Waals surface area contributed by atoms with Crippen LogP contribution in [0, 0.1) is 13.8 Å². The van der Waals surface area contributed by atoms with E-state index in [1.54, 1.807) is 0 Å². The maximum atomic E-state index is 3.85. The molecule has 0 saturated heterocycles. The summed E-state index contributed by atoms with van der Waals surface area (Å²) in [6, 6.07) is 0. The molecule has 0 heterocycles. The minimum Gasteiger partial charge on any atom is -0.343 e. The van der Waals surface area contributed by atoms with E-state index in [0.717, 1.165) is 12.8 Å². The Kier molecular flexibility index (Phi) is 41.2. The van der Waals surface area contributed by atoms with E-state index in [0.29, 0.717) is 0 Å². The SMILES string of the molecule is [CH2-]CCCCCCCCCCCC.[CH2-]CCCCCCCCCCCC.[Mg+2]. The summed E-state index contributed by atoms with van der Waals surface area (Å²) < 4.78 is 0. The molecular weight excluding hydrogens is 337 g/mol. The molecule has 0 fully saturated rings. The second kappa shape index (κ2) is 34.3. The largest absolute Gasteiger partial charge is 2.00 e. The summed E-state index contributed by atoms with van der Waals surface area (Å²) in [6.45, 7) is 12.3. The monoisotopic (exact) mass is 390 g/mol. The van der Waals surface area contributed by atoms with E-state index in [1.165, 1.54) is 128 Å². The summed E-state index contributed by atoms with van der Waals surface area (Å²) in [4.78, 5) is 0. The van der Waals surface area contributed by atoms with Crippen molar-refractivity contribution >= 4 is 23.1 Å². The van der Waals surface area contributed by atoms with Gasteiger partial charge in [-0.05, 0) is 0 Å². The quantitative estimate of drug-likeness (QED) is 0.110. The Bertz CT molecular complexity index is 160. The second-order valence-electron chi connectivity index (χ2n) is 8.07. The van der Waals surface area contributed by atoms with Gasteiger partial charge in [-0.25, -0.2) is 0 Å². The molecule has 0 rings (SSSR count). The molecule has 0 aromatic heterocycles. The van der Waals surface area contributed by atoms with Crippen molar-refractivity contribution in [3.05, 3.63) is 13.8 Å². The fraction of sp³-hybridized carbons (Fsp3) is 0.923. The van der Waals surface area contributed by atoms with Crippen molar-refractivity contribution in [2.45, 2.75) is 155 Å². The van der Waals surface area contributed by atoms with Gasteiger partial charge in [-0.1, -0.05) is 142 Å². The Morgan fingerprint density at radius 1 is 0.333 bits per heavy atom. The fourth-order valence-corrected chi connectivity index (χ4v) is 3.33. The smallest absolute Gasteiger partial charge is 0.343 e. The molecule has 160 valence electrons. The Morgan fingerprint density at radius 3 is 0.704 bits per heavy atom. The number of hydrogen-bond donors (Lipinski definition) is 0. The summed E-state index contributed by atoms with van der Waals surface area (Å²) in [6.07, 6.45) is 30.7. The van der Waals surface area contributed by atoms with Gasteiger partial charge in [0.2, 0.25) is 0 Å². The first-order valence-corrected chi connectivity index (χ1v) is 12.4. The van der Waals surface area contributed by atoms with Gasteiger partial charge in [-0.15, -0.1) is 0 Å². The van der Waals surface area contributed by atoms with Gasteiger partial charge in [0.25, 0.3) is 0 Å². The van der Waals surface area contributed by atoms with Gasteiger partial charge in [0.1, 0.15) is 0 Å². The van der Waals surface area contributed by atoms with Gasteiger partial charge in [0.05, 0.1) is 0 Å². The van der Waals surface area contributed by atoms with Crippen LogP contribution >= 0.6 is 0 Å². The molecule has 0 N–H and O–H groups in total. The zero-order chi connectivity index (χ0) is 19.6. The van der Waals surface area contributed by atoms with Gasteiger partial charge < -0.3 is 13.8 Å². The predicted octanol–water partition coefficient (Wildman–Crippen LogP) is 9.88. The normalized spacial score (nSPS) is 10.2. The van der Waals surface area contributed by atoms with E-state index >= 15 is 0 Å². The van der Waals surface area contributed by atoms with Crippen molar-refractivity contribution in [1.82, 2.24) is 0 Å². The van der Waals surface area contributed by atoms with E-state index in [2.05, 4.69) is 27.7 Å². The zero-order valence-corrected chi connectivity index (χ0v) is 21.1. The summed E-state index contributed by atoms with van der Waals surface area (Å²) in [7, 11) is 0. The Hall–Kier alpha value is 0.766. The molecule has 0 aromatic carbocycles. The number of rotatable bonds is 20. The third-order valence-electron chi connectivity index (χ3n) is 5.21. The number of unbranched alkanes of at least 4 members (excludes halogenated alkanes) is 20. The van der Waals surface area contributed by atoms with Crippen LogP contribution in [0.1, 0.15) is 155 Å². The molecule has 0 nitrogen and oxygen atoms in total. The van der Waals surface area contributed by atoms with E-state index in [4.69, 9.17) is 0 Å². The number of hydrogen-bond acceptors (Lipinski definition) is 0. The minimum absolute atomic E-state index is 0. The average Bonchev–Trinajstić information content (AvgIpc) is 2.66. The van der Waals surface area contributed by atoms with Gasteiger partial charge >= 0.3 is 23.1 Å². The van der Waals surface area contributed by atoms with Gasteiger partial charge in [0, 0.05) is 0 Å². The van der Waals surface area contributed by atoms with E-state index < -0.39 is 0 Å². The van der Waals surface area contributed by atoms with Crippen LogP contribution in [-0.4, -0.2) is 23.1 Å². The van der Waals surface area contributed by atoms with Crippen LogP contribution in [0.25, 0.3) is 0 Å². The molecule has 0 amide bonds. The van der Waals surface area contributed by atoms with Crippen molar-refractivity contribution < 1.29 is 0 Å². The first kappa shape index (κ1) is 32.4. The first-order valence-electron chi connectivity index (χ1n) is 12.4. The van der Waals surface area contributed by atoms with Crippen LogP contribution in [0.2, 0.25) is 0 Å². The molecule has 0 spiro atoms. The van der Waals surface area contributed by atoms with Crippen molar-refractivity contribution in [3.8, 4) is 0 Å². The molecule has 0 unspecified atom stereocenters. The summed E-state index contributed by atoms with van der Waals surface area (Å²) in [5, 5.41) is 0. The van der Waals surface area contributed by atoms with Crippen LogP contribution < -0.4 is 0 Å². The van der Waals surface area contributed by atoms with Crippen molar-refractivity contribution in [2.24, 2.45) is 0 Å². The molecule has 1 heteroatoms. The third-order valence-corrected chi connectivity index (χ3v) is 5.21. The van der Waals surface area contributed by atoms with E-state index in [1.807, 2.05) is 0 Å². The van der Waals surface area contributed by atoms with Crippen LogP contribution in [0.15, 0.2) is 0 Å². The molecule has 0 atom stereocenters. The topological polar surface area (TPSA) is 0 Å². The molecule has 0 aromatic rings. The van der Waals surface area contributed by atoms with Crippen molar-refractivity contribution in [1.29, 1.82) is 0 Å². The average molecular weight is 391 g/mol. The summed E-state index contributed by atoms with van der Waals surface area (Å²) >= 11 is 0. The van der Waals surface area contributed by atoms with Crippen molar-refractivity contribution in [2.75, 3.05) is 0 Å². The summed E-state index contributed by atoms with van der Waals surface area (Å²) in [5.41, 5.74) is 0. The van der Waals surface area contributed by atoms with Crippen LogP contribution in [0.5, 0.6) is 0 Å². The first-order chi connectivity index (χ1) is 12.8.